The summed E-state index contributed by atoms with van der Waals surface area (Å²) in [6, 6.07) is 5.89. The number of hydrogen-bond acceptors (Lipinski definition) is 4. The third kappa shape index (κ3) is 3.04. The summed E-state index contributed by atoms with van der Waals surface area (Å²) in [4.78, 5) is 0. The number of methoxy groups -OCH3 is 2. The minimum atomic E-state index is 0.0922. The van der Waals surface area contributed by atoms with Gasteiger partial charge in [0.2, 0.25) is 0 Å². The predicted molar refractivity (Wildman–Crippen MR) is 79.5 cm³/mol. The number of benzene rings is 1. The lowest BCUT2D eigenvalue weighted by atomic mass is 10.1. The Labute approximate surface area is 119 Å². The van der Waals surface area contributed by atoms with Crippen molar-refractivity contribution >= 4 is 5.69 Å². The summed E-state index contributed by atoms with van der Waals surface area (Å²) in [7, 11) is 3.34. The van der Waals surface area contributed by atoms with Crippen LogP contribution < -0.4 is 14.8 Å². The van der Waals surface area contributed by atoms with Gasteiger partial charge in [-0.05, 0) is 32.0 Å². The molecule has 1 unspecified atom stereocenters. The van der Waals surface area contributed by atoms with Crippen molar-refractivity contribution < 1.29 is 9.47 Å². The fourth-order valence-corrected chi connectivity index (χ4v) is 2.12. The van der Waals surface area contributed by atoms with Crippen LogP contribution in [-0.2, 0) is 6.54 Å². The Morgan fingerprint density at radius 2 is 2.10 bits per heavy atom. The van der Waals surface area contributed by atoms with Gasteiger partial charge in [0.1, 0.15) is 11.5 Å². The van der Waals surface area contributed by atoms with Gasteiger partial charge in [0.25, 0.3) is 0 Å². The zero-order valence-electron chi connectivity index (χ0n) is 12.4. The van der Waals surface area contributed by atoms with Crippen LogP contribution in [0.25, 0.3) is 0 Å². The van der Waals surface area contributed by atoms with E-state index in [9.17, 15) is 0 Å². The Kier molecular flexibility index (Phi) is 4.50. The quantitative estimate of drug-likeness (QED) is 0.880. The molecule has 0 saturated carbocycles. The highest BCUT2D eigenvalue weighted by molar-refractivity contribution is 5.47. The molecule has 0 bridgehead atoms. The Morgan fingerprint density at radius 3 is 2.70 bits per heavy atom. The van der Waals surface area contributed by atoms with Gasteiger partial charge in [-0.2, -0.15) is 5.10 Å². The standard InChI is InChI=1S/C15H21N3O2/c1-5-18-10-12(9-16-18)17-11(2)14-8-13(19-3)6-7-15(14)20-4/h6-11,17H,5H2,1-4H3. The Bertz CT molecular complexity index is 566. The maximum absolute atomic E-state index is 5.41. The van der Waals surface area contributed by atoms with Crippen LogP contribution >= 0.6 is 0 Å². The fourth-order valence-electron chi connectivity index (χ4n) is 2.12. The first-order valence-corrected chi connectivity index (χ1v) is 6.68. The second-order valence-electron chi connectivity index (χ2n) is 4.56. The van der Waals surface area contributed by atoms with Crippen LogP contribution in [0.2, 0.25) is 0 Å². The lowest BCUT2D eigenvalue weighted by Gasteiger charge is -2.18. The maximum Gasteiger partial charge on any atom is 0.124 e. The number of nitrogens with zero attached hydrogens (tertiary/aromatic N) is 2. The molecule has 2 rings (SSSR count). The van der Waals surface area contributed by atoms with Crippen molar-refractivity contribution in [1.82, 2.24) is 9.78 Å². The molecule has 1 aromatic carbocycles. The van der Waals surface area contributed by atoms with Crippen molar-refractivity contribution in [2.24, 2.45) is 0 Å². The highest BCUT2D eigenvalue weighted by atomic mass is 16.5. The minimum Gasteiger partial charge on any atom is -0.497 e. The average Bonchev–Trinajstić information content (AvgIpc) is 2.94. The number of aryl methyl sites for hydroxylation is 1. The fraction of sp³-hybridized carbons (Fsp3) is 0.400. The predicted octanol–water partition coefficient (Wildman–Crippen LogP) is 3.09. The van der Waals surface area contributed by atoms with Crippen LogP contribution in [-0.4, -0.2) is 24.0 Å². The van der Waals surface area contributed by atoms with Gasteiger partial charge in [-0.15, -0.1) is 0 Å². The molecule has 0 aliphatic heterocycles. The first-order chi connectivity index (χ1) is 9.67. The van der Waals surface area contributed by atoms with Crippen LogP contribution in [0.15, 0.2) is 30.6 Å². The molecule has 108 valence electrons. The molecule has 0 fully saturated rings. The first kappa shape index (κ1) is 14.2. The number of hydrogen-bond donors (Lipinski definition) is 1. The van der Waals surface area contributed by atoms with Gasteiger partial charge in [-0.1, -0.05) is 0 Å². The van der Waals surface area contributed by atoms with E-state index >= 15 is 0 Å². The summed E-state index contributed by atoms with van der Waals surface area (Å²) in [6.45, 7) is 5.00. The van der Waals surface area contributed by atoms with E-state index in [4.69, 9.17) is 9.47 Å². The van der Waals surface area contributed by atoms with E-state index < -0.39 is 0 Å². The molecule has 0 aliphatic carbocycles. The van der Waals surface area contributed by atoms with Crippen LogP contribution in [0.4, 0.5) is 5.69 Å². The number of anilines is 1. The molecule has 1 heterocycles. The van der Waals surface area contributed by atoms with Crippen LogP contribution in [0.5, 0.6) is 11.5 Å². The molecule has 0 amide bonds. The van der Waals surface area contributed by atoms with Crippen molar-refractivity contribution in [2.75, 3.05) is 19.5 Å². The third-order valence-corrected chi connectivity index (χ3v) is 3.24. The van der Waals surface area contributed by atoms with Gasteiger partial charge in [-0.25, -0.2) is 0 Å². The molecule has 5 nitrogen and oxygen atoms in total. The summed E-state index contributed by atoms with van der Waals surface area (Å²) in [6.07, 6.45) is 3.82. The molecule has 20 heavy (non-hydrogen) atoms. The van der Waals surface area contributed by atoms with Gasteiger partial charge in [0.15, 0.2) is 0 Å². The van der Waals surface area contributed by atoms with E-state index in [2.05, 4.69) is 24.3 Å². The van der Waals surface area contributed by atoms with Crippen molar-refractivity contribution in [1.29, 1.82) is 0 Å². The van der Waals surface area contributed by atoms with Gasteiger partial charge in [-0.3, -0.25) is 4.68 Å². The first-order valence-electron chi connectivity index (χ1n) is 6.68. The lowest BCUT2D eigenvalue weighted by Crippen LogP contribution is -2.08. The average molecular weight is 275 g/mol. The van der Waals surface area contributed by atoms with Gasteiger partial charge >= 0.3 is 0 Å². The molecule has 0 saturated heterocycles. The highest BCUT2D eigenvalue weighted by Gasteiger charge is 2.13. The van der Waals surface area contributed by atoms with Crippen LogP contribution in [0, 0.1) is 0 Å². The Hall–Kier alpha value is -2.17. The van der Waals surface area contributed by atoms with Gasteiger partial charge in [0, 0.05) is 18.3 Å². The molecule has 1 atom stereocenters. The van der Waals surface area contributed by atoms with Crippen molar-refractivity contribution in [3.05, 3.63) is 36.2 Å². The zero-order valence-corrected chi connectivity index (χ0v) is 12.4. The molecular weight excluding hydrogens is 254 g/mol. The molecular formula is C15H21N3O2. The molecule has 0 aliphatic rings. The zero-order chi connectivity index (χ0) is 14.5. The smallest absolute Gasteiger partial charge is 0.124 e. The second-order valence-corrected chi connectivity index (χ2v) is 4.56. The second kappa shape index (κ2) is 6.32. The number of ether oxygens (including phenoxy) is 2. The third-order valence-electron chi connectivity index (χ3n) is 3.24. The van der Waals surface area contributed by atoms with Crippen LogP contribution in [0.1, 0.15) is 25.5 Å². The van der Waals surface area contributed by atoms with Crippen LogP contribution in [0.3, 0.4) is 0 Å². The summed E-state index contributed by atoms with van der Waals surface area (Å²) in [5, 5.41) is 7.68. The van der Waals surface area contributed by atoms with Crippen molar-refractivity contribution in [2.45, 2.75) is 26.4 Å². The van der Waals surface area contributed by atoms with E-state index in [-0.39, 0.29) is 6.04 Å². The molecule has 5 heteroatoms. The number of rotatable bonds is 6. The highest BCUT2D eigenvalue weighted by Crippen LogP contribution is 2.31. The number of nitrogens with one attached hydrogen (secondary N) is 1. The molecule has 1 N–H and O–H groups in total. The van der Waals surface area contributed by atoms with E-state index in [1.54, 1.807) is 14.2 Å². The van der Waals surface area contributed by atoms with Crippen molar-refractivity contribution in [3.63, 3.8) is 0 Å². The summed E-state index contributed by atoms with van der Waals surface area (Å²) < 4.78 is 12.6. The van der Waals surface area contributed by atoms with E-state index in [1.807, 2.05) is 35.3 Å². The van der Waals surface area contributed by atoms with Crippen molar-refractivity contribution in [3.8, 4) is 11.5 Å². The largest absolute Gasteiger partial charge is 0.497 e. The Balaban J connectivity index is 2.20. The van der Waals surface area contributed by atoms with E-state index in [0.29, 0.717) is 0 Å². The lowest BCUT2D eigenvalue weighted by molar-refractivity contribution is 0.397. The Morgan fingerprint density at radius 1 is 1.30 bits per heavy atom. The topological polar surface area (TPSA) is 48.3 Å². The molecule has 0 spiro atoms. The van der Waals surface area contributed by atoms with Gasteiger partial charge in [0.05, 0.1) is 32.1 Å². The summed E-state index contributed by atoms with van der Waals surface area (Å²) >= 11 is 0. The monoisotopic (exact) mass is 275 g/mol. The SMILES string of the molecule is CCn1cc(NC(C)c2cc(OC)ccc2OC)cn1. The molecule has 0 radical (unpaired) electrons. The minimum absolute atomic E-state index is 0.0922. The molecule has 1 aromatic heterocycles. The summed E-state index contributed by atoms with van der Waals surface area (Å²) in [5.74, 6) is 1.66. The summed E-state index contributed by atoms with van der Waals surface area (Å²) in [5.41, 5.74) is 2.04. The van der Waals surface area contributed by atoms with E-state index in [0.717, 1.165) is 29.3 Å². The maximum atomic E-state index is 5.41. The normalized spacial score (nSPS) is 12.0. The number of aromatic nitrogens is 2. The molecule has 2 aromatic rings. The van der Waals surface area contributed by atoms with E-state index in [1.165, 1.54) is 0 Å². The van der Waals surface area contributed by atoms with Gasteiger partial charge < -0.3 is 14.8 Å².